The van der Waals surface area contributed by atoms with Gasteiger partial charge < -0.3 is 24.8 Å². The quantitative estimate of drug-likeness (QED) is 0.310. The maximum Gasteiger partial charge on any atom is 0.114 e. The standard InChI is InChI=1S/C20H38O5/c1-2-3-4-5-6-7-8-9-10-11-12-13-14-24-15-18(22)20-19(23)17(21)16-25-20/h4-5,17-23H,2-3,6-16H2,1H3/b5-4+/t17-,18+,19+,20+/m1/s1. The number of aliphatic hydroxyl groups excluding tert-OH is 3. The zero-order chi connectivity index (χ0) is 18.3. The first-order chi connectivity index (χ1) is 12.2. The smallest absolute Gasteiger partial charge is 0.114 e. The first-order valence-corrected chi connectivity index (χ1v) is 10.0. The van der Waals surface area contributed by atoms with E-state index in [2.05, 4.69) is 19.1 Å². The molecule has 1 heterocycles. The Balaban J connectivity index is 1.83. The van der Waals surface area contributed by atoms with Gasteiger partial charge in [-0.25, -0.2) is 0 Å². The molecule has 1 fully saturated rings. The van der Waals surface area contributed by atoms with Gasteiger partial charge in [0.05, 0.1) is 13.2 Å². The number of aliphatic hydroxyl groups is 3. The fraction of sp³-hybridized carbons (Fsp3) is 0.900. The van der Waals surface area contributed by atoms with Gasteiger partial charge >= 0.3 is 0 Å². The fourth-order valence-electron chi connectivity index (χ4n) is 3.02. The summed E-state index contributed by atoms with van der Waals surface area (Å²) >= 11 is 0. The van der Waals surface area contributed by atoms with E-state index in [-0.39, 0.29) is 13.2 Å². The van der Waals surface area contributed by atoms with Crippen molar-refractivity contribution in [3.8, 4) is 0 Å². The Morgan fingerprint density at radius 2 is 1.64 bits per heavy atom. The molecule has 5 nitrogen and oxygen atoms in total. The van der Waals surface area contributed by atoms with Crippen LogP contribution in [-0.2, 0) is 9.47 Å². The van der Waals surface area contributed by atoms with Crippen LogP contribution in [0.4, 0.5) is 0 Å². The lowest BCUT2D eigenvalue weighted by molar-refractivity contribution is -0.0813. The topological polar surface area (TPSA) is 79.2 Å². The van der Waals surface area contributed by atoms with Crippen LogP contribution in [-0.4, -0.2) is 59.6 Å². The van der Waals surface area contributed by atoms with E-state index in [1.807, 2.05) is 0 Å². The van der Waals surface area contributed by atoms with E-state index in [1.54, 1.807) is 0 Å². The van der Waals surface area contributed by atoms with Crippen molar-refractivity contribution in [2.75, 3.05) is 19.8 Å². The first-order valence-electron chi connectivity index (χ1n) is 10.0. The number of unbranched alkanes of at least 4 members (excludes halogenated alkanes) is 8. The molecule has 0 saturated carbocycles. The predicted molar refractivity (Wildman–Crippen MR) is 99.6 cm³/mol. The summed E-state index contributed by atoms with van der Waals surface area (Å²) in [4.78, 5) is 0. The van der Waals surface area contributed by atoms with Crippen LogP contribution in [0.25, 0.3) is 0 Å². The fourth-order valence-corrected chi connectivity index (χ4v) is 3.02. The summed E-state index contributed by atoms with van der Waals surface area (Å²) in [5.74, 6) is 0. The van der Waals surface area contributed by atoms with E-state index in [4.69, 9.17) is 9.47 Å². The molecule has 0 aromatic rings. The minimum absolute atomic E-state index is 0.0674. The van der Waals surface area contributed by atoms with Crippen LogP contribution >= 0.6 is 0 Å². The first kappa shape index (κ1) is 22.6. The second kappa shape index (κ2) is 14.7. The largest absolute Gasteiger partial charge is 0.388 e. The molecule has 1 aliphatic rings. The van der Waals surface area contributed by atoms with Crippen LogP contribution in [0.2, 0.25) is 0 Å². The van der Waals surface area contributed by atoms with Gasteiger partial charge in [-0.2, -0.15) is 0 Å². The van der Waals surface area contributed by atoms with E-state index in [1.165, 1.54) is 51.4 Å². The van der Waals surface area contributed by atoms with Gasteiger partial charge in [-0.3, -0.25) is 0 Å². The van der Waals surface area contributed by atoms with E-state index in [0.717, 1.165) is 12.8 Å². The second-order valence-electron chi connectivity index (χ2n) is 7.02. The van der Waals surface area contributed by atoms with Crippen LogP contribution in [0.5, 0.6) is 0 Å². The van der Waals surface area contributed by atoms with E-state index < -0.39 is 24.4 Å². The summed E-state index contributed by atoms with van der Waals surface area (Å²) in [5, 5.41) is 28.9. The molecule has 3 N–H and O–H groups in total. The monoisotopic (exact) mass is 358 g/mol. The molecule has 0 bridgehead atoms. The summed E-state index contributed by atoms with van der Waals surface area (Å²) in [6, 6.07) is 0. The molecule has 0 spiro atoms. The van der Waals surface area contributed by atoms with Gasteiger partial charge in [0, 0.05) is 6.61 Å². The minimum Gasteiger partial charge on any atom is -0.388 e. The number of ether oxygens (including phenoxy) is 2. The summed E-state index contributed by atoms with van der Waals surface area (Å²) in [6.07, 6.45) is 13.2. The maximum absolute atomic E-state index is 9.90. The number of hydrogen-bond acceptors (Lipinski definition) is 5. The van der Waals surface area contributed by atoms with Crippen LogP contribution < -0.4 is 0 Å². The van der Waals surface area contributed by atoms with Crippen molar-refractivity contribution in [2.24, 2.45) is 0 Å². The average molecular weight is 359 g/mol. The lowest BCUT2D eigenvalue weighted by atomic mass is 10.1. The molecule has 5 heteroatoms. The molecule has 0 aliphatic carbocycles. The van der Waals surface area contributed by atoms with Crippen molar-refractivity contribution >= 4 is 0 Å². The Morgan fingerprint density at radius 3 is 2.28 bits per heavy atom. The zero-order valence-corrected chi connectivity index (χ0v) is 15.8. The van der Waals surface area contributed by atoms with Gasteiger partial charge in [0.2, 0.25) is 0 Å². The van der Waals surface area contributed by atoms with Gasteiger partial charge in [-0.15, -0.1) is 0 Å². The Morgan fingerprint density at radius 1 is 1.00 bits per heavy atom. The third-order valence-corrected chi connectivity index (χ3v) is 4.64. The van der Waals surface area contributed by atoms with Crippen molar-refractivity contribution < 1.29 is 24.8 Å². The lowest BCUT2D eigenvalue weighted by Crippen LogP contribution is -2.40. The summed E-state index contributed by atoms with van der Waals surface area (Å²) < 4.78 is 10.6. The normalized spacial score (nSPS) is 25.0. The maximum atomic E-state index is 9.90. The third kappa shape index (κ3) is 10.3. The lowest BCUT2D eigenvalue weighted by Gasteiger charge is -2.20. The van der Waals surface area contributed by atoms with E-state index in [9.17, 15) is 15.3 Å². The Hall–Kier alpha value is -0.460. The molecule has 0 amide bonds. The minimum atomic E-state index is -1.03. The van der Waals surface area contributed by atoms with Crippen molar-refractivity contribution in [3.63, 3.8) is 0 Å². The Labute approximate surface area is 153 Å². The van der Waals surface area contributed by atoms with Crippen molar-refractivity contribution in [1.82, 2.24) is 0 Å². The van der Waals surface area contributed by atoms with Crippen LogP contribution in [0.1, 0.15) is 71.1 Å². The van der Waals surface area contributed by atoms with Crippen molar-refractivity contribution in [2.45, 2.75) is 95.5 Å². The molecule has 1 saturated heterocycles. The molecule has 4 atom stereocenters. The Bertz CT molecular complexity index is 334. The molecule has 0 radical (unpaired) electrons. The van der Waals surface area contributed by atoms with Crippen molar-refractivity contribution in [1.29, 1.82) is 0 Å². The average Bonchev–Trinajstić information content (AvgIpc) is 2.94. The van der Waals surface area contributed by atoms with Gasteiger partial charge in [0.15, 0.2) is 0 Å². The summed E-state index contributed by atoms with van der Waals surface area (Å²) in [5.41, 5.74) is 0. The van der Waals surface area contributed by atoms with Gasteiger partial charge in [-0.1, -0.05) is 57.6 Å². The molecule has 0 unspecified atom stereocenters. The molecular weight excluding hydrogens is 320 g/mol. The van der Waals surface area contributed by atoms with Crippen molar-refractivity contribution in [3.05, 3.63) is 12.2 Å². The highest BCUT2D eigenvalue weighted by Gasteiger charge is 2.39. The zero-order valence-electron chi connectivity index (χ0n) is 15.8. The van der Waals surface area contributed by atoms with E-state index >= 15 is 0 Å². The highest BCUT2D eigenvalue weighted by Crippen LogP contribution is 2.18. The molecule has 0 aromatic heterocycles. The highest BCUT2D eigenvalue weighted by molar-refractivity contribution is 4.87. The second-order valence-corrected chi connectivity index (χ2v) is 7.02. The Kier molecular flexibility index (Phi) is 13.3. The molecule has 0 aromatic carbocycles. The van der Waals surface area contributed by atoms with Gasteiger partial charge in [0.1, 0.15) is 24.4 Å². The van der Waals surface area contributed by atoms with Crippen LogP contribution in [0.3, 0.4) is 0 Å². The molecule has 25 heavy (non-hydrogen) atoms. The van der Waals surface area contributed by atoms with Crippen LogP contribution in [0, 0.1) is 0 Å². The SMILES string of the molecule is CCC/C=C/CCCCCCCCCOC[C@H](O)[C@@H]1OC[C@@H](O)[C@@H]1O. The molecule has 1 aliphatic heterocycles. The highest BCUT2D eigenvalue weighted by atomic mass is 16.5. The summed E-state index contributed by atoms with van der Waals surface area (Å²) in [6.45, 7) is 3.03. The molecular formula is C20H38O5. The molecule has 148 valence electrons. The van der Waals surface area contributed by atoms with Gasteiger partial charge in [-0.05, 0) is 25.7 Å². The van der Waals surface area contributed by atoms with Gasteiger partial charge in [0.25, 0.3) is 0 Å². The number of allylic oxidation sites excluding steroid dienone is 2. The number of rotatable bonds is 15. The third-order valence-electron chi connectivity index (χ3n) is 4.64. The van der Waals surface area contributed by atoms with E-state index in [0.29, 0.717) is 6.61 Å². The number of hydrogen-bond donors (Lipinski definition) is 3. The van der Waals surface area contributed by atoms with Crippen LogP contribution in [0.15, 0.2) is 12.2 Å². The summed E-state index contributed by atoms with van der Waals surface area (Å²) in [7, 11) is 0. The predicted octanol–water partition coefficient (Wildman–Crippen LogP) is 2.96. The molecule has 1 rings (SSSR count).